The molecule has 0 fully saturated rings. The normalized spacial score (nSPS) is 7.20. The maximum Gasteiger partial charge on any atom is 0.282 e. The van der Waals surface area contributed by atoms with Crippen molar-refractivity contribution >= 4 is 0 Å². The van der Waals surface area contributed by atoms with Gasteiger partial charge >= 0.3 is 0 Å². The zero-order valence-electron chi connectivity index (χ0n) is 1.98. The largest absolute Gasteiger partial charge is 0.321 e. The van der Waals surface area contributed by atoms with Gasteiger partial charge in [-0.2, -0.15) is 0 Å². The Morgan fingerprint density at radius 3 is 1.40 bits per heavy atom. The second-order valence-corrected chi connectivity index (χ2v) is 0.603. The Kier molecular flexibility index (Phi) is 8.59. The minimum absolute atomic E-state index is 0. The molecule has 5 heavy (non-hydrogen) atoms. The van der Waals surface area contributed by atoms with Crippen LogP contribution in [0.2, 0.25) is 0 Å². The summed E-state index contributed by atoms with van der Waals surface area (Å²) < 4.78 is 24.0. The molecule has 0 heterocycles. The van der Waals surface area contributed by atoms with Crippen molar-refractivity contribution in [1.29, 1.82) is 0 Å². The first-order valence-electron chi connectivity index (χ1n) is 0.478. The van der Waals surface area contributed by atoms with Gasteiger partial charge in [0.1, 0.15) is 0 Å². The van der Waals surface area contributed by atoms with E-state index in [-0.39, 0.29) is 16.8 Å². The van der Waals surface area contributed by atoms with E-state index in [1.807, 2.05) is 0 Å². The van der Waals surface area contributed by atoms with Crippen LogP contribution in [0.15, 0.2) is 0 Å². The van der Waals surface area contributed by atoms with Crippen molar-refractivity contribution < 1.29 is 41.5 Å². The van der Waals surface area contributed by atoms with Crippen molar-refractivity contribution in [1.82, 2.24) is 0 Å². The van der Waals surface area contributed by atoms with Gasteiger partial charge in [0, 0.05) is 21.4 Å². The molecule has 0 aliphatic rings. The summed E-state index contributed by atoms with van der Waals surface area (Å²) in [6.45, 7) is 0. The van der Waals surface area contributed by atoms with Gasteiger partial charge in [-0.3, -0.25) is 0 Å². The number of hydrogen-bond acceptors (Lipinski definition) is 3. The van der Waals surface area contributed by atoms with E-state index in [0.29, 0.717) is 0 Å². The van der Waals surface area contributed by atoms with Crippen LogP contribution in [-0.2, 0) is 16.8 Å². The Hall–Kier alpha value is 0.676. The molecule has 0 aromatic heterocycles. The Morgan fingerprint density at radius 2 is 1.40 bits per heavy atom. The van der Waals surface area contributed by atoms with Gasteiger partial charge in [-0.05, 0) is 0 Å². The molecule has 0 atom stereocenters. The van der Waals surface area contributed by atoms with Crippen molar-refractivity contribution in [2.75, 3.05) is 0 Å². The van der Waals surface area contributed by atoms with E-state index < -0.39 is 10.8 Å². The number of hydrogen-bond donors (Lipinski definition) is 1. The fraction of sp³-hybridized carbons (Fsp3) is 0. The summed E-state index contributed by atoms with van der Waals surface area (Å²) in [7, 11) is -2.60. The predicted molar refractivity (Wildman–Crippen MR) is 2.22 cm³/mol. The van der Waals surface area contributed by atoms with Crippen LogP contribution in [0.3, 0.4) is 0 Å². The Morgan fingerprint density at radius 1 is 1.40 bits per heavy atom. The molecule has 0 rings (SSSR count). The summed E-state index contributed by atoms with van der Waals surface area (Å²) in [4.78, 5) is 0. The second-order valence-electron chi connectivity index (χ2n) is 0.201. The van der Waals surface area contributed by atoms with Crippen LogP contribution < -0.4 is 9.32 Å². The molecule has 0 saturated heterocycles. The summed E-state index contributed by atoms with van der Waals surface area (Å²) in [5, 5.41) is 0. The Balaban J connectivity index is 0. The minimum Gasteiger partial charge on any atom is -0.321 e. The van der Waals surface area contributed by atoms with Gasteiger partial charge in [0.25, 0.3) is 10.8 Å². The summed E-state index contributed by atoms with van der Waals surface area (Å²) in [6.07, 6.45) is 0. The molecule has 0 unspecified atom stereocenters. The maximum absolute atomic E-state index is 8.52. The first-order chi connectivity index (χ1) is 1.73. The van der Waals surface area contributed by atoms with Gasteiger partial charge in [0.05, 0.1) is 0 Å². The fourth-order valence-corrected chi connectivity index (χ4v) is 0. The van der Waals surface area contributed by atoms with Crippen LogP contribution in [-0.4, -0.2) is 4.66 Å². The van der Waals surface area contributed by atoms with Crippen molar-refractivity contribution in [2.24, 2.45) is 0 Å². The van der Waals surface area contributed by atoms with E-state index in [1.165, 1.54) is 0 Å². The van der Waals surface area contributed by atoms with Crippen LogP contribution in [0.1, 0.15) is 0 Å². The maximum atomic E-state index is 8.52. The Bertz CT molecular complexity index is 11.6. The molecule has 0 aliphatic carbocycles. The molecule has 35 valence electrons. The van der Waals surface area contributed by atoms with Crippen molar-refractivity contribution in [3.05, 3.63) is 0 Å². The molecule has 0 amide bonds. The summed E-state index contributed by atoms with van der Waals surface area (Å²) in [5.41, 5.74) is 0. The summed E-state index contributed by atoms with van der Waals surface area (Å²) in [5.74, 6) is 0. The van der Waals surface area contributed by atoms with Gasteiger partial charge < -0.3 is 9.32 Å². The first-order valence-corrected chi connectivity index (χ1v) is 1.43. The minimum atomic E-state index is -2.60. The smallest absolute Gasteiger partial charge is 0.282 e. The second kappa shape index (κ2) is 4.68. The fourth-order valence-electron chi connectivity index (χ4n) is 0. The Labute approximate surface area is 42.2 Å². The third-order valence-corrected chi connectivity index (χ3v) is 0. The van der Waals surface area contributed by atoms with E-state index in [4.69, 9.17) is 14.0 Å². The molecule has 5 heteroatoms. The summed E-state index contributed by atoms with van der Waals surface area (Å²) in [6, 6.07) is 0. The van der Waals surface area contributed by atoms with Crippen LogP contribution in [0.4, 0.5) is 0 Å². The molecule has 0 saturated carbocycles. The quantitative estimate of drug-likeness (QED) is 0.395. The average molecular weight is 143 g/mol. The molecule has 3 nitrogen and oxygen atoms in total. The zero-order chi connectivity index (χ0) is 3.58. The molecule has 0 spiro atoms. The average Bonchev–Trinajstić information content (AvgIpc) is 0.811. The molecule has 1 radical (unpaired) electrons. The standard InChI is InChI=1S/ClHO3.Co/c2-1(3)4;/h2H;. The van der Waals surface area contributed by atoms with Crippen LogP contribution in [0.25, 0.3) is 0 Å². The first kappa shape index (κ1) is 9.18. The van der Waals surface area contributed by atoms with Gasteiger partial charge in [-0.15, -0.1) is 0 Å². The van der Waals surface area contributed by atoms with Crippen LogP contribution in [0, 0.1) is 10.8 Å². The van der Waals surface area contributed by atoms with Gasteiger partial charge in [-0.1, -0.05) is 0 Å². The molecule has 0 aromatic rings. The van der Waals surface area contributed by atoms with E-state index in [1.54, 1.807) is 0 Å². The van der Waals surface area contributed by atoms with E-state index in [2.05, 4.69) is 0 Å². The van der Waals surface area contributed by atoms with Crippen molar-refractivity contribution in [3.8, 4) is 0 Å². The van der Waals surface area contributed by atoms with Crippen molar-refractivity contribution in [2.45, 2.75) is 0 Å². The predicted octanol–water partition coefficient (Wildman–Crippen LogP) is -2.94. The molecular weight excluding hydrogens is 142 g/mol. The molecule has 1 N–H and O–H groups in total. The monoisotopic (exact) mass is 143 g/mol. The van der Waals surface area contributed by atoms with E-state index in [0.717, 1.165) is 0 Å². The zero-order valence-corrected chi connectivity index (χ0v) is 3.77. The molecule has 0 aliphatic heterocycles. The third kappa shape index (κ3) is 73.2. The third-order valence-electron chi connectivity index (χ3n) is 0. The molecule has 0 aromatic carbocycles. The molecular formula is HClCoO3. The van der Waals surface area contributed by atoms with E-state index >= 15 is 0 Å². The van der Waals surface area contributed by atoms with Crippen LogP contribution in [0.5, 0.6) is 0 Å². The number of rotatable bonds is 0. The van der Waals surface area contributed by atoms with Gasteiger partial charge in [0.2, 0.25) is 0 Å². The van der Waals surface area contributed by atoms with Gasteiger partial charge in [-0.25, -0.2) is 0 Å². The molecule has 0 bridgehead atoms. The van der Waals surface area contributed by atoms with Crippen molar-refractivity contribution in [3.63, 3.8) is 0 Å². The van der Waals surface area contributed by atoms with Crippen LogP contribution >= 0.6 is 0 Å². The SMILES string of the molecule is [Co].[O-][Cl+2]([O-])O. The topological polar surface area (TPSA) is 66.3 Å². The van der Waals surface area contributed by atoms with E-state index in [9.17, 15) is 0 Å². The summed E-state index contributed by atoms with van der Waals surface area (Å²) >= 11 is 0. The number of halogens is 1. The van der Waals surface area contributed by atoms with Gasteiger partial charge in [0.15, 0.2) is 0 Å².